The predicted octanol–water partition coefficient (Wildman–Crippen LogP) is 2.68. The van der Waals surface area contributed by atoms with Gasteiger partial charge in [-0.3, -0.25) is 0 Å². The first-order valence-corrected chi connectivity index (χ1v) is 7.30. The summed E-state index contributed by atoms with van der Waals surface area (Å²) in [5.41, 5.74) is 1.92. The fourth-order valence-corrected chi connectivity index (χ4v) is 3.33. The Balaban J connectivity index is 2.08. The number of halogens is 1. The summed E-state index contributed by atoms with van der Waals surface area (Å²) in [7, 11) is 2.18. The summed E-state index contributed by atoms with van der Waals surface area (Å²) in [6, 6.07) is 4.38. The van der Waals surface area contributed by atoms with Gasteiger partial charge in [-0.25, -0.2) is 9.97 Å². The molecular weight excluding hydrogens is 260 g/mol. The van der Waals surface area contributed by atoms with E-state index in [1.54, 1.807) is 0 Å². The second-order valence-electron chi connectivity index (χ2n) is 5.47. The summed E-state index contributed by atoms with van der Waals surface area (Å²) in [5, 5.41) is 0. The van der Waals surface area contributed by atoms with Crippen LogP contribution in [0.1, 0.15) is 25.2 Å². The zero-order chi connectivity index (χ0) is 13.4. The molecule has 1 saturated heterocycles. The van der Waals surface area contributed by atoms with E-state index in [0.29, 0.717) is 17.8 Å². The van der Waals surface area contributed by atoms with Crippen LogP contribution in [-0.2, 0) is 5.88 Å². The standard InChI is InChI=1S/C14H19ClN4/c1-10-9-18(2)7-5-12(10)19-13(8-15)17-11-4-3-6-16-14(11)19/h3-4,6,10,12H,5,7-9H2,1-2H3. The van der Waals surface area contributed by atoms with Crippen molar-refractivity contribution in [1.82, 2.24) is 19.4 Å². The van der Waals surface area contributed by atoms with E-state index in [-0.39, 0.29) is 0 Å². The van der Waals surface area contributed by atoms with E-state index in [4.69, 9.17) is 11.6 Å². The lowest BCUT2D eigenvalue weighted by atomic mass is 9.94. The molecule has 0 aromatic carbocycles. The number of rotatable bonds is 2. The molecular formula is C14H19ClN4. The molecule has 1 aliphatic rings. The van der Waals surface area contributed by atoms with Crippen LogP contribution in [0.2, 0.25) is 0 Å². The first-order chi connectivity index (χ1) is 9.20. The lowest BCUT2D eigenvalue weighted by molar-refractivity contribution is 0.159. The largest absolute Gasteiger partial charge is 0.308 e. The number of fused-ring (bicyclic) bond motifs is 1. The first kappa shape index (κ1) is 12.9. The molecule has 3 heterocycles. The summed E-state index contributed by atoms with van der Waals surface area (Å²) in [6.07, 6.45) is 2.96. The van der Waals surface area contributed by atoms with Crippen LogP contribution >= 0.6 is 11.6 Å². The number of aromatic nitrogens is 3. The van der Waals surface area contributed by atoms with Crippen molar-refractivity contribution in [3.8, 4) is 0 Å². The molecule has 2 aromatic rings. The van der Waals surface area contributed by atoms with Gasteiger partial charge in [-0.2, -0.15) is 0 Å². The summed E-state index contributed by atoms with van der Waals surface area (Å²) in [5.74, 6) is 1.96. The van der Waals surface area contributed by atoms with E-state index in [9.17, 15) is 0 Å². The maximum absolute atomic E-state index is 6.08. The average molecular weight is 279 g/mol. The molecule has 0 N–H and O–H groups in total. The number of likely N-dealkylation sites (tertiary alicyclic amines) is 1. The highest BCUT2D eigenvalue weighted by Crippen LogP contribution is 2.31. The molecule has 102 valence electrons. The maximum Gasteiger partial charge on any atom is 0.160 e. The fraction of sp³-hybridized carbons (Fsp3) is 0.571. The van der Waals surface area contributed by atoms with E-state index in [2.05, 4.69) is 33.4 Å². The van der Waals surface area contributed by atoms with Crippen molar-refractivity contribution in [3.05, 3.63) is 24.2 Å². The highest BCUT2D eigenvalue weighted by atomic mass is 35.5. The van der Waals surface area contributed by atoms with Crippen LogP contribution in [0.15, 0.2) is 18.3 Å². The number of imidazole rings is 1. The monoisotopic (exact) mass is 278 g/mol. The minimum Gasteiger partial charge on any atom is -0.308 e. The van der Waals surface area contributed by atoms with Gasteiger partial charge in [0.25, 0.3) is 0 Å². The molecule has 5 heteroatoms. The minimum absolute atomic E-state index is 0.440. The van der Waals surface area contributed by atoms with Gasteiger partial charge in [0, 0.05) is 18.8 Å². The van der Waals surface area contributed by atoms with E-state index < -0.39 is 0 Å². The molecule has 0 amide bonds. The Bertz CT molecular complexity index is 580. The molecule has 4 nitrogen and oxygen atoms in total. The van der Waals surface area contributed by atoms with Crippen LogP contribution < -0.4 is 0 Å². The van der Waals surface area contributed by atoms with Crippen molar-refractivity contribution in [2.24, 2.45) is 5.92 Å². The lowest BCUT2D eigenvalue weighted by Crippen LogP contribution is -2.38. The van der Waals surface area contributed by atoms with Gasteiger partial charge in [-0.05, 0) is 38.1 Å². The number of alkyl halides is 1. The Labute approximate surface area is 118 Å². The Morgan fingerprint density at radius 3 is 3.05 bits per heavy atom. The Kier molecular flexibility index (Phi) is 3.46. The normalized spacial score (nSPS) is 25.0. The highest BCUT2D eigenvalue weighted by Gasteiger charge is 2.28. The van der Waals surface area contributed by atoms with Crippen molar-refractivity contribution >= 4 is 22.8 Å². The van der Waals surface area contributed by atoms with Gasteiger partial charge in [0.1, 0.15) is 11.3 Å². The first-order valence-electron chi connectivity index (χ1n) is 6.77. The minimum atomic E-state index is 0.440. The van der Waals surface area contributed by atoms with Crippen molar-refractivity contribution in [1.29, 1.82) is 0 Å². The van der Waals surface area contributed by atoms with Gasteiger partial charge in [-0.1, -0.05) is 6.92 Å². The number of hydrogen-bond acceptors (Lipinski definition) is 3. The molecule has 1 fully saturated rings. The van der Waals surface area contributed by atoms with E-state index in [0.717, 1.165) is 36.5 Å². The van der Waals surface area contributed by atoms with Crippen LogP contribution in [-0.4, -0.2) is 39.6 Å². The molecule has 2 unspecified atom stereocenters. The maximum atomic E-state index is 6.08. The van der Waals surface area contributed by atoms with Crippen molar-refractivity contribution < 1.29 is 0 Å². The predicted molar refractivity (Wildman–Crippen MR) is 77.4 cm³/mol. The van der Waals surface area contributed by atoms with Gasteiger partial charge in [-0.15, -0.1) is 11.6 Å². The van der Waals surface area contributed by atoms with Gasteiger partial charge >= 0.3 is 0 Å². The summed E-state index contributed by atoms with van der Waals surface area (Å²) < 4.78 is 2.26. The zero-order valence-corrected chi connectivity index (χ0v) is 12.1. The van der Waals surface area contributed by atoms with Crippen molar-refractivity contribution in [2.45, 2.75) is 25.3 Å². The third kappa shape index (κ3) is 2.23. The third-order valence-electron chi connectivity index (χ3n) is 4.04. The molecule has 0 spiro atoms. The van der Waals surface area contributed by atoms with Crippen molar-refractivity contribution in [3.63, 3.8) is 0 Å². The van der Waals surface area contributed by atoms with Gasteiger partial charge in [0.05, 0.1) is 5.88 Å². The second kappa shape index (κ2) is 5.10. The van der Waals surface area contributed by atoms with Gasteiger partial charge in [0.15, 0.2) is 5.65 Å². The summed E-state index contributed by atoms with van der Waals surface area (Å²) >= 11 is 6.08. The van der Waals surface area contributed by atoms with E-state index >= 15 is 0 Å². The topological polar surface area (TPSA) is 34.0 Å². The van der Waals surface area contributed by atoms with E-state index in [1.165, 1.54) is 0 Å². The summed E-state index contributed by atoms with van der Waals surface area (Å²) in [4.78, 5) is 11.5. The SMILES string of the molecule is CC1CN(C)CCC1n1c(CCl)nc2cccnc21. The molecule has 0 bridgehead atoms. The molecule has 0 saturated carbocycles. The lowest BCUT2D eigenvalue weighted by Gasteiger charge is -2.36. The zero-order valence-electron chi connectivity index (χ0n) is 11.4. The molecule has 2 atom stereocenters. The smallest absolute Gasteiger partial charge is 0.160 e. The van der Waals surface area contributed by atoms with Crippen LogP contribution in [0, 0.1) is 5.92 Å². The average Bonchev–Trinajstić information content (AvgIpc) is 2.77. The molecule has 1 aliphatic heterocycles. The Morgan fingerprint density at radius 1 is 1.47 bits per heavy atom. The van der Waals surface area contributed by atoms with Crippen LogP contribution in [0.25, 0.3) is 11.2 Å². The third-order valence-corrected chi connectivity index (χ3v) is 4.28. The van der Waals surface area contributed by atoms with Gasteiger partial charge in [0.2, 0.25) is 0 Å². The number of hydrogen-bond donors (Lipinski definition) is 0. The van der Waals surface area contributed by atoms with Crippen LogP contribution in [0.4, 0.5) is 0 Å². The molecule has 19 heavy (non-hydrogen) atoms. The quantitative estimate of drug-likeness (QED) is 0.792. The molecule has 0 radical (unpaired) electrons. The van der Waals surface area contributed by atoms with E-state index in [1.807, 2.05) is 18.3 Å². The highest BCUT2D eigenvalue weighted by molar-refractivity contribution is 6.16. The molecule has 3 rings (SSSR count). The number of nitrogens with zero attached hydrogens (tertiary/aromatic N) is 4. The fourth-order valence-electron chi connectivity index (χ4n) is 3.14. The number of pyridine rings is 1. The Morgan fingerprint density at radius 2 is 2.32 bits per heavy atom. The van der Waals surface area contributed by atoms with Crippen LogP contribution in [0.3, 0.4) is 0 Å². The molecule has 0 aliphatic carbocycles. The van der Waals surface area contributed by atoms with Crippen molar-refractivity contribution in [2.75, 3.05) is 20.1 Å². The van der Waals surface area contributed by atoms with Gasteiger partial charge < -0.3 is 9.47 Å². The molecule has 2 aromatic heterocycles. The Hall–Kier alpha value is -1.13. The second-order valence-corrected chi connectivity index (χ2v) is 5.74. The number of piperidine rings is 1. The van der Waals surface area contributed by atoms with Crippen LogP contribution in [0.5, 0.6) is 0 Å². The summed E-state index contributed by atoms with van der Waals surface area (Å²) in [6.45, 7) is 4.52.